The zero-order valence-corrected chi connectivity index (χ0v) is 14.5. The summed E-state index contributed by atoms with van der Waals surface area (Å²) in [5, 5.41) is 0. The average Bonchev–Trinajstić information content (AvgIpc) is 2.17. The van der Waals surface area contributed by atoms with Crippen LogP contribution in [0.15, 0.2) is 0 Å². The van der Waals surface area contributed by atoms with Crippen LogP contribution in [-0.4, -0.2) is 34.2 Å². The third-order valence-electron chi connectivity index (χ3n) is 4.34. The number of ether oxygens (including phenoxy) is 1. The van der Waals surface area contributed by atoms with Gasteiger partial charge < -0.3 is 4.74 Å². The fourth-order valence-electron chi connectivity index (χ4n) is 4.13. The van der Waals surface area contributed by atoms with E-state index in [0.29, 0.717) is 6.04 Å². The Kier molecular flexibility index (Phi) is 5.12. The van der Waals surface area contributed by atoms with Crippen LogP contribution >= 0.6 is 0 Å². The third-order valence-corrected chi connectivity index (χ3v) is 4.34. The Hall–Kier alpha value is -0.0800. The summed E-state index contributed by atoms with van der Waals surface area (Å²) in [6, 6.07) is 0.515. The number of rotatable bonds is 3. The zero-order valence-electron chi connectivity index (χ0n) is 14.5. The molecule has 0 radical (unpaired) electrons. The summed E-state index contributed by atoms with van der Waals surface area (Å²) in [6.07, 6.45) is 5.07. The van der Waals surface area contributed by atoms with Crippen LogP contribution in [-0.2, 0) is 4.74 Å². The van der Waals surface area contributed by atoms with Crippen LogP contribution in [0.3, 0.4) is 0 Å². The van der Waals surface area contributed by atoms with E-state index in [1.165, 1.54) is 25.7 Å². The summed E-state index contributed by atoms with van der Waals surface area (Å²) < 4.78 is 6.21. The van der Waals surface area contributed by atoms with Gasteiger partial charge >= 0.3 is 0 Å². The molecule has 19 heavy (non-hydrogen) atoms. The van der Waals surface area contributed by atoms with Gasteiger partial charge in [0, 0.05) is 23.7 Å². The molecule has 0 spiro atoms. The minimum Gasteiger partial charge on any atom is -0.374 e. The van der Waals surface area contributed by atoms with Gasteiger partial charge in [-0.1, -0.05) is 12.8 Å². The Balaban J connectivity index is 3.11. The van der Waals surface area contributed by atoms with Crippen LogP contribution in [0.25, 0.3) is 0 Å². The molecule has 0 aromatic heterocycles. The molecule has 0 amide bonds. The first-order chi connectivity index (χ1) is 8.52. The van der Waals surface area contributed by atoms with Gasteiger partial charge in [-0.25, -0.2) is 0 Å². The highest BCUT2D eigenvalue weighted by molar-refractivity contribution is 5.02. The SMILES string of the molecule is CCO[C@]1(C)CCCC[C@@H]1N(C(C)(C)C)C(C)(C)C. The van der Waals surface area contributed by atoms with Crippen molar-refractivity contribution in [2.45, 2.75) is 104 Å². The fraction of sp³-hybridized carbons (Fsp3) is 1.00. The predicted molar refractivity (Wildman–Crippen MR) is 83.6 cm³/mol. The molecule has 0 aromatic rings. The highest BCUT2D eigenvalue weighted by Gasteiger charge is 2.47. The first kappa shape index (κ1) is 17.0. The summed E-state index contributed by atoms with van der Waals surface area (Å²) >= 11 is 0. The van der Waals surface area contributed by atoms with Crippen molar-refractivity contribution in [2.75, 3.05) is 6.61 Å². The summed E-state index contributed by atoms with van der Waals surface area (Å²) in [4.78, 5) is 2.69. The second kappa shape index (κ2) is 5.73. The van der Waals surface area contributed by atoms with E-state index in [2.05, 4.69) is 60.3 Å². The van der Waals surface area contributed by atoms with E-state index in [4.69, 9.17) is 4.74 Å². The van der Waals surface area contributed by atoms with E-state index in [9.17, 15) is 0 Å². The Bertz CT molecular complexity index is 269. The van der Waals surface area contributed by atoms with Crippen LogP contribution < -0.4 is 0 Å². The normalized spacial score (nSPS) is 29.8. The van der Waals surface area contributed by atoms with Crippen molar-refractivity contribution in [3.8, 4) is 0 Å². The van der Waals surface area contributed by atoms with E-state index in [1.54, 1.807) is 0 Å². The second-order valence-corrected chi connectivity index (χ2v) is 8.22. The van der Waals surface area contributed by atoms with Gasteiger partial charge in [0.2, 0.25) is 0 Å². The molecule has 2 atom stereocenters. The molecule has 1 rings (SSSR count). The molecule has 114 valence electrons. The Morgan fingerprint density at radius 2 is 1.58 bits per heavy atom. The summed E-state index contributed by atoms with van der Waals surface area (Å²) in [6.45, 7) is 19.3. The van der Waals surface area contributed by atoms with E-state index in [-0.39, 0.29) is 16.7 Å². The minimum absolute atomic E-state index is 0.00750. The van der Waals surface area contributed by atoms with Gasteiger partial charge in [-0.15, -0.1) is 0 Å². The maximum atomic E-state index is 6.21. The molecule has 0 aromatic carbocycles. The van der Waals surface area contributed by atoms with Crippen LogP contribution in [0.4, 0.5) is 0 Å². The van der Waals surface area contributed by atoms with Gasteiger partial charge in [0.1, 0.15) is 0 Å². The van der Waals surface area contributed by atoms with Crippen molar-refractivity contribution in [1.82, 2.24) is 4.90 Å². The lowest BCUT2D eigenvalue weighted by atomic mass is 9.76. The molecule has 0 aliphatic heterocycles. The Labute approximate surface area is 120 Å². The molecular formula is C17H35NO. The average molecular weight is 269 g/mol. The van der Waals surface area contributed by atoms with E-state index >= 15 is 0 Å². The lowest BCUT2D eigenvalue weighted by Crippen LogP contribution is -2.65. The lowest BCUT2D eigenvalue weighted by Gasteiger charge is -2.56. The standard InChI is InChI=1S/C17H35NO/c1-9-19-17(8)13-11-10-12-14(17)18(15(2,3)4)16(5,6)7/h14H,9-13H2,1-8H3/t14-,17+/m0/s1. The molecule has 1 aliphatic rings. The number of hydrogen-bond donors (Lipinski definition) is 0. The van der Waals surface area contributed by atoms with E-state index in [0.717, 1.165) is 6.61 Å². The minimum atomic E-state index is 0.00750. The van der Waals surface area contributed by atoms with Crippen molar-refractivity contribution in [1.29, 1.82) is 0 Å². The van der Waals surface area contributed by atoms with E-state index in [1.807, 2.05) is 0 Å². The van der Waals surface area contributed by atoms with E-state index < -0.39 is 0 Å². The van der Waals surface area contributed by atoms with Crippen LogP contribution in [0.5, 0.6) is 0 Å². The molecule has 1 fully saturated rings. The quantitative estimate of drug-likeness (QED) is 0.741. The van der Waals surface area contributed by atoms with Crippen molar-refractivity contribution in [3.63, 3.8) is 0 Å². The molecule has 2 nitrogen and oxygen atoms in total. The smallest absolute Gasteiger partial charge is 0.0809 e. The van der Waals surface area contributed by atoms with Gasteiger partial charge in [-0.3, -0.25) is 4.90 Å². The predicted octanol–water partition coefficient (Wildman–Crippen LogP) is 4.62. The monoisotopic (exact) mass is 269 g/mol. The van der Waals surface area contributed by atoms with Gasteiger partial charge in [-0.2, -0.15) is 0 Å². The molecule has 0 unspecified atom stereocenters. The van der Waals surface area contributed by atoms with Crippen molar-refractivity contribution in [3.05, 3.63) is 0 Å². The summed E-state index contributed by atoms with van der Waals surface area (Å²) in [7, 11) is 0. The van der Waals surface area contributed by atoms with Crippen molar-refractivity contribution < 1.29 is 4.74 Å². The molecule has 2 heteroatoms. The lowest BCUT2D eigenvalue weighted by molar-refractivity contribution is -0.149. The Morgan fingerprint density at radius 3 is 2.00 bits per heavy atom. The maximum absolute atomic E-state index is 6.21. The highest BCUT2D eigenvalue weighted by Crippen LogP contribution is 2.41. The second-order valence-electron chi connectivity index (χ2n) is 8.22. The van der Waals surface area contributed by atoms with Crippen LogP contribution in [0, 0.1) is 0 Å². The molecule has 1 saturated carbocycles. The first-order valence-electron chi connectivity index (χ1n) is 7.96. The summed E-state index contributed by atoms with van der Waals surface area (Å²) in [5.41, 5.74) is 0.338. The van der Waals surface area contributed by atoms with Crippen molar-refractivity contribution >= 4 is 0 Å². The molecule has 0 bridgehead atoms. The highest BCUT2D eigenvalue weighted by atomic mass is 16.5. The van der Waals surface area contributed by atoms with Gasteiger partial charge in [-0.05, 0) is 68.2 Å². The maximum Gasteiger partial charge on any atom is 0.0809 e. The molecule has 0 saturated heterocycles. The molecule has 1 aliphatic carbocycles. The summed E-state index contributed by atoms with van der Waals surface area (Å²) in [5.74, 6) is 0. The van der Waals surface area contributed by atoms with Crippen LogP contribution in [0.1, 0.15) is 81.1 Å². The number of nitrogens with zero attached hydrogens (tertiary/aromatic N) is 1. The van der Waals surface area contributed by atoms with Gasteiger partial charge in [0.25, 0.3) is 0 Å². The Morgan fingerprint density at radius 1 is 1.05 bits per heavy atom. The topological polar surface area (TPSA) is 12.5 Å². The fourth-order valence-corrected chi connectivity index (χ4v) is 4.13. The first-order valence-corrected chi connectivity index (χ1v) is 7.96. The van der Waals surface area contributed by atoms with Crippen molar-refractivity contribution in [2.24, 2.45) is 0 Å². The molecular weight excluding hydrogens is 234 g/mol. The number of hydrogen-bond acceptors (Lipinski definition) is 2. The van der Waals surface area contributed by atoms with Gasteiger partial charge in [0.15, 0.2) is 0 Å². The zero-order chi connectivity index (χ0) is 14.9. The third kappa shape index (κ3) is 3.95. The molecule has 0 N–H and O–H groups in total. The van der Waals surface area contributed by atoms with Gasteiger partial charge in [0.05, 0.1) is 5.60 Å². The largest absolute Gasteiger partial charge is 0.374 e. The molecule has 0 heterocycles. The van der Waals surface area contributed by atoms with Crippen LogP contribution in [0.2, 0.25) is 0 Å².